The van der Waals surface area contributed by atoms with Gasteiger partial charge in [-0.15, -0.1) is 11.8 Å². The fraction of sp³-hybridized carbons (Fsp3) is 0.500. The largest absolute Gasteiger partial charge is 0.495 e. The lowest BCUT2D eigenvalue weighted by Gasteiger charge is -2.13. The van der Waals surface area contributed by atoms with E-state index < -0.39 is 4.92 Å². The van der Waals surface area contributed by atoms with Crippen molar-refractivity contribution in [2.75, 3.05) is 13.4 Å². The molecule has 114 valence electrons. The number of rotatable bonds is 5. The van der Waals surface area contributed by atoms with E-state index in [-0.39, 0.29) is 23.2 Å². The Balaban J connectivity index is 2.35. The van der Waals surface area contributed by atoms with Crippen LogP contribution in [0.3, 0.4) is 0 Å². The van der Waals surface area contributed by atoms with E-state index in [1.807, 2.05) is 6.26 Å². The van der Waals surface area contributed by atoms with Crippen molar-refractivity contribution in [3.63, 3.8) is 0 Å². The molecule has 0 aromatic heterocycles. The van der Waals surface area contributed by atoms with Gasteiger partial charge in [0.2, 0.25) is 0 Å². The van der Waals surface area contributed by atoms with Crippen LogP contribution < -0.4 is 10.1 Å². The molecular weight excluding hydrogens is 292 g/mol. The van der Waals surface area contributed by atoms with Crippen molar-refractivity contribution in [1.82, 2.24) is 5.32 Å². The Labute approximate surface area is 127 Å². The lowest BCUT2D eigenvalue weighted by molar-refractivity contribution is -0.385. The first kappa shape index (κ1) is 15.6. The summed E-state index contributed by atoms with van der Waals surface area (Å²) >= 11 is 1.39. The van der Waals surface area contributed by atoms with Crippen molar-refractivity contribution < 1.29 is 14.5 Å². The molecule has 0 aliphatic heterocycles. The van der Waals surface area contributed by atoms with Crippen molar-refractivity contribution in [3.05, 3.63) is 27.8 Å². The first-order valence-corrected chi connectivity index (χ1v) is 8.00. The summed E-state index contributed by atoms with van der Waals surface area (Å²) in [5.74, 6) is 0.0261. The number of nitrogens with one attached hydrogen (secondary N) is 1. The third-order valence-electron chi connectivity index (χ3n) is 3.63. The molecule has 0 bridgehead atoms. The highest BCUT2D eigenvalue weighted by molar-refractivity contribution is 7.98. The maximum atomic E-state index is 12.3. The van der Waals surface area contributed by atoms with Gasteiger partial charge >= 0.3 is 0 Å². The minimum atomic E-state index is -0.545. The predicted octanol–water partition coefficient (Wildman–Crippen LogP) is 3.00. The first-order valence-electron chi connectivity index (χ1n) is 6.78. The van der Waals surface area contributed by atoms with E-state index in [9.17, 15) is 14.9 Å². The average Bonchev–Trinajstić information content (AvgIpc) is 2.98. The van der Waals surface area contributed by atoms with E-state index in [2.05, 4.69) is 5.32 Å². The number of ether oxygens (including phenoxy) is 1. The van der Waals surface area contributed by atoms with E-state index in [0.29, 0.717) is 10.6 Å². The smallest absolute Gasteiger partial charge is 0.285 e. The SMILES string of the molecule is COc1cc([N+](=O)[O-])c(C(=O)NC2CCCC2)cc1SC. The molecule has 0 heterocycles. The van der Waals surface area contributed by atoms with E-state index in [1.165, 1.54) is 31.0 Å². The minimum absolute atomic E-state index is 0.0945. The summed E-state index contributed by atoms with van der Waals surface area (Å²) in [6.07, 6.45) is 5.88. The molecule has 21 heavy (non-hydrogen) atoms. The molecule has 1 saturated carbocycles. The van der Waals surface area contributed by atoms with Gasteiger partial charge in [0.1, 0.15) is 11.3 Å². The lowest BCUT2D eigenvalue weighted by Crippen LogP contribution is -2.33. The Hall–Kier alpha value is -1.76. The number of carbonyl (C=O) groups is 1. The Morgan fingerprint density at radius 2 is 2.10 bits per heavy atom. The minimum Gasteiger partial charge on any atom is -0.495 e. The van der Waals surface area contributed by atoms with Crippen LogP contribution in [0.5, 0.6) is 5.75 Å². The Morgan fingerprint density at radius 1 is 1.43 bits per heavy atom. The highest BCUT2D eigenvalue weighted by atomic mass is 32.2. The number of hydrogen-bond donors (Lipinski definition) is 1. The normalized spacial score (nSPS) is 15.0. The number of nitro benzene ring substituents is 1. The molecule has 1 amide bonds. The molecule has 1 aliphatic carbocycles. The van der Waals surface area contributed by atoms with Gasteiger partial charge < -0.3 is 10.1 Å². The maximum absolute atomic E-state index is 12.3. The fourth-order valence-corrected chi connectivity index (χ4v) is 3.11. The molecule has 1 aromatic rings. The summed E-state index contributed by atoms with van der Waals surface area (Å²) in [6.45, 7) is 0. The number of nitro groups is 1. The zero-order valence-corrected chi connectivity index (χ0v) is 12.9. The van der Waals surface area contributed by atoms with Crippen molar-refractivity contribution in [3.8, 4) is 5.75 Å². The van der Waals surface area contributed by atoms with Crippen LogP contribution in [-0.4, -0.2) is 30.2 Å². The summed E-state index contributed by atoms with van der Waals surface area (Å²) in [4.78, 5) is 23.7. The fourth-order valence-electron chi connectivity index (χ4n) is 2.53. The first-order chi connectivity index (χ1) is 10.1. The monoisotopic (exact) mass is 310 g/mol. The van der Waals surface area contributed by atoms with Crippen LogP contribution in [0, 0.1) is 10.1 Å². The molecule has 0 radical (unpaired) electrons. The number of nitrogens with zero attached hydrogens (tertiary/aromatic N) is 1. The van der Waals surface area contributed by atoms with Gasteiger partial charge in [0, 0.05) is 6.04 Å². The number of amides is 1. The van der Waals surface area contributed by atoms with Crippen LogP contribution >= 0.6 is 11.8 Å². The van der Waals surface area contributed by atoms with Crippen molar-refractivity contribution in [2.24, 2.45) is 0 Å². The van der Waals surface area contributed by atoms with Crippen LogP contribution in [0.4, 0.5) is 5.69 Å². The molecule has 1 N–H and O–H groups in total. The molecule has 7 heteroatoms. The topological polar surface area (TPSA) is 81.5 Å². The molecular formula is C14H18N2O4S. The molecule has 0 spiro atoms. The number of carbonyl (C=O) groups excluding carboxylic acids is 1. The van der Waals surface area contributed by atoms with Crippen molar-refractivity contribution >= 4 is 23.4 Å². The molecule has 1 aliphatic rings. The Morgan fingerprint density at radius 3 is 2.62 bits per heavy atom. The standard InChI is InChI=1S/C14H18N2O4S/c1-20-12-8-11(16(18)19)10(7-13(12)21-2)14(17)15-9-5-3-4-6-9/h7-9H,3-6H2,1-2H3,(H,15,17). The van der Waals surface area contributed by atoms with Gasteiger partial charge in [-0.2, -0.15) is 0 Å². The van der Waals surface area contributed by atoms with Gasteiger partial charge in [0.25, 0.3) is 11.6 Å². The Bertz CT molecular complexity index is 556. The van der Waals surface area contributed by atoms with Gasteiger partial charge in [-0.25, -0.2) is 0 Å². The highest BCUT2D eigenvalue weighted by Crippen LogP contribution is 2.34. The number of benzene rings is 1. The van der Waals surface area contributed by atoms with Gasteiger partial charge in [-0.05, 0) is 25.2 Å². The number of thioether (sulfide) groups is 1. The van der Waals surface area contributed by atoms with Crippen LogP contribution in [0.15, 0.2) is 17.0 Å². The summed E-state index contributed by atoms with van der Waals surface area (Å²) in [5.41, 5.74) is -0.128. The van der Waals surface area contributed by atoms with Crippen molar-refractivity contribution in [2.45, 2.75) is 36.6 Å². The zero-order chi connectivity index (χ0) is 15.4. The molecule has 1 fully saturated rings. The van der Waals surface area contributed by atoms with E-state index in [4.69, 9.17) is 4.74 Å². The summed E-state index contributed by atoms with van der Waals surface area (Å²) in [7, 11) is 1.46. The third-order valence-corrected chi connectivity index (χ3v) is 4.39. The van der Waals surface area contributed by atoms with Gasteiger partial charge in [0.05, 0.1) is 23.0 Å². The number of hydrogen-bond acceptors (Lipinski definition) is 5. The average molecular weight is 310 g/mol. The van der Waals surface area contributed by atoms with Gasteiger partial charge in [-0.3, -0.25) is 14.9 Å². The molecule has 1 aromatic carbocycles. The highest BCUT2D eigenvalue weighted by Gasteiger charge is 2.26. The van der Waals surface area contributed by atoms with E-state index in [0.717, 1.165) is 25.7 Å². The second-order valence-electron chi connectivity index (χ2n) is 4.94. The predicted molar refractivity (Wildman–Crippen MR) is 81.2 cm³/mol. The Kier molecular flexibility index (Phi) is 5.06. The van der Waals surface area contributed by atoms with E-state index >= 15 is 0 Å². The number of methoxy groups -OCH3 is 1. The van der Waals surface area contributed by atoms with Gasteiger partial charge in [-0.1, -0.05) is 12.8 Å². The molecule has 6 nitrogen and oxygen atoms in total. The van der Waals surface area contributed by atoms with E-state index in [1.54, 1.807) is 0 Å². The second kappa shape index (κ2) is 6.80. The van der Waals surface area contributed by atoms with Crippen LogP contribution in [0.25, 0.3) is 0 Å². The quantitative estimate of drug-likeness (QED) is 0.513. The third kappa shape index (κ3) is 3.47. The zero-order valence-electron chi connectivity index (χ0n) is 12.0. The lowest BCUT2D eigenvalue weighted by atomic mass is 10.1. The van der Waals surface area contributed by atoms with Gasteiger partial charge in [0.15, 0.2) is 0 Å². The molecule has 2 rings (SSSR count). The van der Waals surface area contributed by atoms with Crippen LogP contribution in [0.1, 0.15) is 36.0 Å². The molecule has 0 unspecified atom stereocenters. The maximum Gasteiger partial charge on any atom is 0.285 e. The summed E-state index contributed by atoms with van der Waals surface area (Å²) in [5, 5.41) is 14.1. The molecule has 0 atom stereocenters. The second-order valence-corrected chi connectivity index (χ2v) is 5.78. The summed E-state index contributed by atoms with van der Waals surface area (Å²) < 4.78 is 5.14. The van der Waals surface area contributed by atoms with Crippen LogP contribution in [0.2, 0.25) is 0 Å². The van der Waals surface area contributed by atoms with Crippen molar-refractivity contribution in [1.29, 1.82) is 0 Å². The van der Waals surface area contributed by atoms with Crippen LogP contribution in [-0.2, 0) is 0 Å². The molecule has 0 saturated heterocycles. The summed E-state index contributed by atoms with van der Waals surface area (Å²) in [6, 6.07) is 2.97.